The molecule has 1 aliphatic heterocycles. The number of hydrogen-bond acceptors (Lipinski definition) is 4. The Morgan fingerprint density at radius 1 is 1.36 bits per heavy atom. The first kappa shape index (κ1) is 17.6. The predicted molar refractivity (Wildman–Crippen MR) is 103 cm³/mol. The highest BCUT2D eigenvalue weighted by Gasteiger charge is 2.27. The lowest BCUT2D eigenvalue weighted by atomic mass is 9.93. The van der Waals surface area contributed by atoms with Crippen LogP contribution < -0.4 is 16.0 Å². The van der Waals surface area contributed by atoms with E-state index in [9.17, 15) is 4.79 Å². The zero-order chi connectivity index (χ0) is 18.0. The summed E-state index contributed by atoms with van der Waals surface area (Å²) in [6, 6.07) is 4.18. The van der Waals surface area contributed by atoms with Gasteiger partial charge in [-0.25, -0.2) is 4.79 Å². The standard InChI is InChI=1S/C20H29N3O2/c1-20(2,3)25-19(24)22-15-8-6-12-23(13-15)18-16-9-5-4-7-14(16)10-11-17(18)21/h4,7,10-11,15H,5-6,8-9,12-13,21H2,1-3H3,(H,22,24)/t15-/m0/s1. The van der Waals surface area contributed by atoms with Gasteiger partial charge in [0.15, 0.2) is 0 Å². The van der Waals surface area contributed by atoms with E-state index in [2.05, 4.69) is 28.4 Å². The monoisotopic (exact) mass is 343 g/mol. The molecule has 25 heavy (non-hydrogen) atoms. The molecule has 1 aromatic carbocycles. The van der Waals surface area contributed by atoms with Gasteiger partial charge in [0, 0.05) is 19.1 Å². The van der Waals surface area contributed by atoms with Crippen molar-refractivity contribution in [3.05, 3.63) is 29.3 Å². The molecular formula is C20H29N3O2. The highest BCUT2D eigenvalue weighted by atomic mass is 16.6. The third-order valence-corrected chi connectivity index (χ3v) is 4.67. The molecule has 0 bridgehead atoms. The number of amides is 1. The zero-order valence-corrected chi connectivity index (χ0v) is 15.5. The van der Waals surface area contributed by atoms with E-state index in [1.165, 1.54) is 11.1 Å². The SMILES string of the molecule is CC(C)(C)OC(=O)N[C@H]1CCCN(c2c(N)ccc3c2CCC=C3)C1. The summed E-state index contributed by atoms with van der Waals surface area (Å²) < 4.78 is 5.39. The van der Waals surface area contributed by atoms with Gasteiger partial charge in [-0.05, 0) is 63.6 Å². The Bertz CT molecular complexity index is 676. The lowest BCUT2D eigenvalue weighted by molar-refractivity contribution is 0.0500. The fourth-order valence-electron chi connectivity index (χ4n) is 3.67. The van der Waals surface area contributed by atoms with E-state index in [1.807, 2.05) is 26.8 Å². The number of alkyl carbamates (subject to hydrolysis) is 1. The quantitative estimate of drug-likeness (QED) is 0.803. The van der Waals surface area contributed by atoms with Gasteiger partial charge in [-0.2, -0.15) is 0 Å². The van der Waals surface area contributed by atoms with Gasteiger partial charge in [-0.3, -0.25) is 0 Å². The smallest absolute Gasteiger partial charge is 0.407 e. The first-order valence-corrected chi connectivity index (χ1v) is 9.16. The van der Waals surface area contributed by atoms with E-state index in [0.717, 1.165) is 50.1 Å². The molecule has 0 unspecified atom stereocenters. The Balaban J connectivity index is 1.74. The summed E-state index contributed by atoms with van der Waals surface area (Å²) in [4.78, 5) is 14.4. The van der Waals surface area contributed by atoms with Crippen LogP contribution >= 0.6 is 0 Å². The van der Waals surface area contributed by atoms with Crippen molar-refractivity contribution < 1.29 is 9.53 Å². The maximum atomic E-state index is 12.1. The van der Waals surface area contributed by atoms with Crippen LogP contribution in [0.2, 0.25) is 0 Å². The summed E-state index contributed by atoms with van der Waals surface area (Å²) in [6.07, 6.45) is 8.12. The number of hydrogen-bond donors (Lipinski definition) is 2. The molecule has 2 aliphatic rings. The van der Waals surface area contributed by atoms with Crippen LogP contribution in [0.15, 0.2) is 18.2 Å². The molecule has 0 saturated carbocycles. The second-order valence-electron chi connectivity index (χ2n) is 7.94. The van der Waals surface area contributed by atoms with E-state index >= 15 is 0 Å². The lowest BCUT2D eigenvalue weighted by Gasteiger charge is -2.37. The van der Waals surface area contributed by atoms with Crippen LogP contribution in [0.4, 0.5) is 16.2 Å². The minimum absolute atomic E-state index is 0.0815. The van der Waals surface area contributed by atoms with Crippen molar-refractivity contribution in [2.24, 2.45) is 0 Å². The van der Waals surface area contributed by atoms with Gasteiger partial charge in [0.1, 0.15) is 5.60 Å². The summed E-state index contributed by atoms with van der Waals surface area (Å²) in [5.41, 5.74) is 10.4. The number of allylic oxidation sites excluding steroid dienone is 1. The van der Waals surface area contributed by atoms with Gasteiger partial charge in [0.2, 0.25) is 0 Å². The number of ether oxygens (including phenoxy) is 1. The molecule has 0 aromatic heterocycles. The molecule has 1 heterocycles. The first-order chi connectivity index (χ1) is 11.8. The Morgan fingerprint density at radius 3 is 2.92 bits per heavy atom. The highest BCUT2D eigenvalue weighted by Crippen LogP contribution is 2.36. The number of nitrogens with zero attached hydrogens (tertiary/aromatic N) is 1. The number of benzene rings is 1. The number of nitrogens with one attached hydrogen (secondary N) is 1. The van der Waals surface area contributed by atoms with E-state index in [4.69, 9.17) is 10.5 Å². The molecule has 1 aromatic rings. The molecule has 5 heteroatoms. The number of carbonyl (C=O) groups is 1. The fourth-order valence-corrected chi connectivity index (χ4v) is 3.67. The molecule has 1 atom stereocenters. The van der Waals surface area contributed by atoms with Gasteiger partial charge >= 0.3 is 6.09 Å². The largest absolute Gasteiger partial charge is 0.444 e. The topological polar surface area (TPSA) is 67.6 Å². The second-order valence-corrected chi connectivity index (χ2v) is 7.94. The average Bonchev–Trinajstić information content (AvgIpc) is 2.53. The minimum Gasteiger partial charge on any atom is -0.444 e. The van der Waals surface area contributed by atoms with Crippen molar-refractivity contribution in [1.82, 2.24) is 5.32 Å². The number of nitrogens with two attached hydrogens (primary N) is 1. The molecule has 1 saturated heterocycles. The van der Waals surface area contributed by atoms with Crippen LogP contribution in [0, 0.1) is 0 Å². The van der Waals surface area contributed by atoms with E-state index in [-0.39, 0.29) is 12.1 Å². The molecule has 136 valence electrons. The van der Waals surface area contributed by atoms with Crippen LogP contribution in [0.5, 0.6) is 0 Å². The molecule has 3 N–H and O–H groups in total. The Kier molecular flexibility index (Phi) is 4.93. The molecular weight excluding hydrogens is 314 g/mol. The van der Waals surface area contributed by atoms with Crippen LogP contribution in [0.1, 0.15) is 51.2 Å². The zero-order valence-electron chi connectivity index (χ0n) is 15.5. The van der Waals surface area contributed by atoms with Gasteiger partial charge in [0.05, 0.1) is 11.4 Å². The van der Waals surface area contributed by atoms with Crippen LogP contribution in [0.25, 0.3) is 6.08 Å². The fraction of sp³-hybridized carbons (Fsp3) is 0.550. The third-order valence-electron chi connectivity index (χ3n) is 4.67. The maximum absolute atomic E-state index is 12.1. The van der Waals surface area contributed by atoms with Crippen molar-refractivity contribution in [3.63, 3.8) is 0 Å². The molecule has 3 rings (SSSR count). The number of rotatable bonds is 2. The van der Waals surface area contributed by atoms with Gasteiger partial charge in [-0.1, -0.05) is 18.2 Å². The number of nitrogen functional groups attached to an aromatic ring is 1. The van der Waals surface area contributed by atoms with Crippen molar-refractivity contribution in [2.45, 2.75) is 58.1 Å². The first-order valence-electron chi connectivity index (χ1n) is 9.16. The Hall–Kier alpha value is -2.17. The van der Waals surface area contributed by atoms with Crippen LogP contribution in [-0.4, -0.2) is 30.8 Å². The normalized spacial score (nSPS) is 20.1. The van der Waals surface area contributed by atoms with E-state index in [1.54, 1.807) is 0 Å². The molecule has 0 radical (unpaired) electrons. The van der Waals surface area contributed by atoms with E-state index < -0.39 is 5.60 Å². The molecule has 1 fully saturated rings. The minimum atomic E-state index is -0.478. The van der Waals surface area contributed by atoms with E-state index in [0.29, 0.717) is 0 Å². The number of carbonyl (C=O) groups excluding carboxylic acids is 1. The lowest BCUT2D eigenvalue weighted by Crippen LogP contribution is -2.49. The summed E-state index contributed by atoms with van der Waals surface area (Å²) in [6.45, 7) is 7.37. The maximum Gasteiger partial charge on any atom is 0.407 e. The third kappa shape index (κ3) is 4.27. The predicted octanol–water partition coefficient (Wildman–Crippen LogP) is 3.72. The van der Waals surface area contributed by atoms with Gasteiger partial charge < -0.3 is 20.7 Å². The molecule has 0 spiro atoms. The Labute approximate surface area is 150 Å². The second kappa shape index (κ2) is 6.98. The molecule has 1 amide bonds. The Morgan fingerprint density at radius 2 is 2.16 bits per heavy atom. The summed E-state index contributed by atoms with van der Waals surface area (Å²) in [5, 5.41) is 3.02. The number of anilines is 2. The summed E-state index contributed by atoms with van der Waals surface area (Å²) >= 11 is 0. The van der Waals surface area contributed by atoms with Gasteiger partial charge in [0.25, 0.3) is 0 Å². The van der Waals surface area contributed by atoms with Crippen molar-refractivity contribution in [3.8, 4) is 0 Å². The number of piperidine rings is 1. The van der Waals surface area contributed by atoms with Crippen molar-refractivity contribution in [1.29, 1.82) is 0 Å². The van der Waals surface area contributed by atoms with Crippen LogP contribution in [-0.2, 0) is 11.2 Å². The van der Waals surface area contributed by atoms with Crippen molar-refractivity contribution in [2.75, 3.05) is 23.7 Å². The average molecular weight is 343 g/mol. The van der Waals surface area contributed by atoms with Gasteiger partial charge in [-0.15, -0.1) is 0 Å². The summed E-state index contributed by atoms with van der Waals surface area (Å²) in [7, 11) is 0. The van der Waals surface area contributed by atoms with Crippen molar-refractivity contribution >= 4 is 23.5 Å². The van der Waals surface area contributed by atoms with Crippen LogP contribution in [0.3, 0.4) is 0 Å². The summed E-state index contributed by atoms with van der Waals surface area (Å²) in [5.74, 6) is 0. The number of fused-ring (bicyclic) bond motifs is 1. The molecule has 1 aliphatic carbocycles. The highest BCUT2D eigenvalue weighted by molar-refractivity contribution is 5.78. The molecule has 5 nitrogen and oxygen atoms in total.